The summed E-state index contributed by atoms with van der Waals surface area (Å²) in [4.78, 5) is 15.5. The molecule has 37 heavy (non-hydrogen) atoms. The van der Waals surface area contributed by atoms with E-state index in [1.807, 2.05) is 6.07 Å². The number of alkyl halides is 2. The van der Waals surface area contributed by atoms with Crippen LogP contribution in [0.4, 0.5) is 14.7 Å². The van der Waals surface area contributed by atoms with Gasteiger partial charge in [0, 0.05) is 18.3 Å². The number of pyridine rings is 1. The molecule has 4 aromatic heterocycles. The highest BCUT2D eigenvalue weighted by Gasteiger charge is 2.18. The standard InChI is InChI=1S/C15H13F2N7.C12H23N/c1-8-20-11-3-2-10(21-14(11)23(8)7-13(16)17)9-4-5-24-12(9)6-19-15(18)22-24;1-3-7-12(8-4-1)11-13-9-5-2-6-10-13/h2-6,13H,7H2,1H3,(H2,18,22);12H,1-11H2. The third-order valence-electron chi connectivity index (χ3n) is 7.50. The number of anilines is 1. The molecule has 198 valence electrons. The molecule has 6 rings (SSSR count). The van der Waals surface area contributed by atoms with E-state index in [9.17, 15) is 8.78 Å². The first-order valence-corrected chi connectivity index (χ1v) is 13.4. The number of nitrogens with zero attached hydrogens (tertiary/aromatic N) is 7. The molecule has 0 atom stereocenters. The van der Waals surface area contributed by atoms with Crippen molar-refractivity contribution in [2.24, 2.45) is 5.92 Å². The average Bonchev–Trinajstić information content (AvgIpc) is 3.45. The molecule has 5 heterocycles. The van der Waals surface area contributed by atoms with E-state index in [1.54, 1.807) is 36.0 Å². The van der Waals surface area contributed by atoms with Crippen molar-refractivity contribution in [3.63, 3.8) is 0 Å². The lowest BCUT2D eigenvalue weighted by Crippen LogP contribution is -2.34. The first-order chi connectivity index (χ1) is 18.0. The monoisotopic (exact) mass is 510 g/mol. The molecule has 2 fully saturated rings. The molecule has 4 aromatic rings. The molecular formula is C27H36F2N8. The average molecular weight is 511 g/mol. The van der Waals surface area contributed by atoms with Gasteiger partial charge in [0.2, 0.25) is 5.95 Å². The van der Waals surface area contributed by atoms with Crippen molar-refractivity contribution in [1.29, 1.82) is 0 Å². The highest BCUT2D eigenvalue weighted by molar-refractivity contribution is 5.82. The Bertz CT molecular complexity index is 1300. The summed E-state index contributed by atoms with van der Waals surface area (Å²) in [7, 11) is 0. The van der Waals surface area contributed by atoms with Crippen LogP contribution >= 0.6 is 0 Å². The summed E-state index contributed by atoms with van der Waals surface area (Å²) in [6.45, 7) is 5.44. The second kappa shape index (κ2) is 11.5. The fourth-order valence-corrected chi connectivity index (χ4v) is 5.63. The molecular weight excluding hydrogens is 474 g/mol. The zero-order chi connectivity index (χ0) is 25.8. The maximum Gasteiger partial charge on any atom is 0.256 e. The molecule has 0 amide bonds. The van der Waals surface area contributed by atoms with Crippen LogP contribution in [0, 0.1) is 12.8 Å². The molecule has 0 unspecified atom stereocenters. The van der Waals surface area contributed by atoms with Gasteiger partial charge in [-0.05, 0) is 69.8 Å². The molecule has 10 heteroatoms. The molecule has 1 saturated carbocycles. The number of likely N-dealkylation sites (tertiary alicyclic amines) is 1. The van der Waals surface area contributed by atoms with Gasteiger partial charge in [-0.25, -0.2) is 28.2 Å². The smallest absolute Gasteiger partial charge is 0.256 e. The van der Waals surface area contributed by atoms with Crippen LogP contribution in [0.15, 0.2) is 30.6 Å². The van der Waals surface area contributed by atoms with Crippen LogP contribution in [0.2, 0.25) is 0 Å². The van der Waals surface area contributed by atoms with Crippen LogP contribution in [-0.2, 0) is 6.54 Å². The lowest BCUT2D eigenvalue weighted by Gasteiger charge is -2.32. The Labute approximate surface area is 215 Å². The number of aryl methyl sites for hydroxylation is 1. The zero-order valence-corrected chi connectivity index (χ0v) is 21.5. The third-order valence-corrected chi connectivity index (χ3v) is 7.50. The summed E-state index contributed by atoms with van der Waals surface area (Å²) in [5, 5.41) is 4.08. The summed E-state index contributed by atoms with van der Waals surface area (Å²) in [6, 6.07) is 5.40. The highest BCUT2D eigenvalue weighted by atomic mass is 19.3. The van der Waals surface area contributed by atoms with Gasteiger partial charge in [-0.15, -0.1) is 5.10 Å². The van der Waals surface area contributed by atoms with Crippen molar-refractivity contribution < 1.29 is 8.78 Å². The maximum atomic E-state index is 12.8. The number of fused-ring (bicyclic) bond motifs is 2. The molecule has 1 aliphatic heterocycles. The van der Waals surface area contributed by atoms with Crippen molar-refractivity contribution in [3.8, 4) is 11.3 Å². The van der Waals surface area contributed by atoms with Crippen molar-refractivity contribution in [3.05, 3.63) is 36.4 Å². The number of rotatable bonds is 5. The zero-order valence-electron chi connectivity index (χ0n) is 21.5. The van der Waals surface area contributed by atoms with Crippen LogP contribution in [0.3, 0.4) is 0 Å². The second-order valence-electron chi connectivity index (χ2n) is 10.2. The molecule has 0 spiro atoms. The fourth-order valence-electron chi connectivity index (χ4n) is 5.63. The van der Waals surface area contributed by atoms with Gasteiger partial charge < -0.3 is 15.2 Å². The van der Waals surface area contributed by atoms with E-state index < -0.39 is 13.0 Å². The summed E-state index contributed by atoms with van der Waals surface area (Å²) in [5.74, 6) is 1.72. The maximum absolute atomic E-state index is 12.8. The summed E-state index contributed by atoms with van der Waals surface area (Å²) >= 11 is 0. The van der Waals surface area contributed by atoms with Crippen molar-refractivity contribution >= 4 is 22.6 Å². The highest BCUT2D eigenvalue weighted by Crippen LogP contribution is 2.27. The predicted molar refractivity (Wildman–Crippen MR) is 142 cm³/mol. The number of halogens is 2. The molecule has 0 bridgehead atoms. The normalized spacial score (nSPS) is 17.4. The molecule has 1 aliphatic carbocycles. The summed E-state index contributed by atoms with van der Waals surface area (Å²) < 4.78 is 28.7. The second-order valence-corrected chi connectivity index (χ2v) is 10.2. The first kappa shape index (κ1) is 25.5. The van der Waals surface area contributed by atoms with E-state index in [2.05, 4.69) is 25.0 Å². The topological polar surface area (TPSA) is 90.2 Å². The first-order valence-electron chi connectivity index (χ1n) is 13.4. The molecule has 8 nitrogen and oxygen atoms in total. The SMILES string of the molecule is C1CCC(CN2CCCCC2)CC1.Cc1nc2ccc(-c3ccn4nc(N)ncc34)nc2n1CC(F)F. The quantitative estimate of drug-likeness (QED) is 0.389. The Kier molecular flexibility index (Phi) is 7.93. The van der Waals surface area contributed by atoms with Gasteiger partial charge in [-0.1, -0.05) is 25.7 Å². The molecule has 2 N–H and O–H groups in total. The van der Waals surface area contributed by atoms with Gasteiger partial charge >= 0.3 is 0 Å². The van der Waals surface area contributed by atoms with Gasteiger partial charge in [0.15, 0.2) is 5.65 Å². The predicted octanol–water partition coefficient (Wildman–Crippen LogP) is 5.35. The minimum absolute atomic E-state index is 0.165. The van der Waals surface area contributed by atoms with Gasteiger partial charge in [0.05, 0.1) is 24.0 Å². The minimum Gasteiger partial charge on any atom is -0.367 e. The molecule has 0 radical (unpaired) electrons. The third kappa shape index (κ3) is 6.06. The Morgan fingerprint density at radius 3 is 2.51 bits per heavy atom. The summed E-state index contributed by atoms with van der Waals surface area (Å²) in [6.07, 6.45) is 12.8. The van der Waals surface area contributed by atoms with E-state index in [1.165, 1.54) is 75.6 Å². The van der Waals surface area contributed by atoms with Crippen LogP contribution in [0.5, 0.6) is 0 Å². The number of nitrogens with two attached hydrogens (primary N) is 1. The van der Waals surface area contributed by atoms with Gasteiger partial charge in [0.1, 0.15) is 11.3 Å². The van der Waals surface area contributed by atoms with Crippen LogP contribution < -0.4 is 5.73 Å². The Morgan fingerprint density at radius 2 is 1.76 bits per heavy atom. The lowest BCUT2D eigenvalue weighted by atomic mass is 9.88. The number of hydrogen-bond acceptors (Lipinski definition) is 6. The van der Waals surface area contributed by atoms with Crippen molar-refractivity contribution in [1.82, 2.24) is 34.0 Å². The number of imidazole rings is 1. The summed E-state index contributed by atoms with van der Waals surface area (Å²) in [5.41, 5.74) is 8.74. The van der Waals surface area contributed by atoms with Crippen LogP contribution in [0.1, 0.15) is 57.2 Å². The molecule has 0 aromatic carbocycles. The van der Waals surface area contributed by atoms with E-state index in [-0.39, 0.29) is 5.95 Å². The van der Waals surface area contributed by atoms with E-state index >= 15 is 0 Å². The minimum atomic E-state index is -2.47. The van der Waals surface area contributed by atoms with Gasteiger partial charge in [-0.2, -0.15) is 0 Å². The van der Waals surface area contributed by atoms with E-state index in [0.29, 0.717) is 22.7 Å². The Balaban J connectivity index is 0.000000182. The Hall–Kier alpha value is -3.14. The van der Waals surface area contributed by atoms with Crippen LogP contribution in [-0.4, -0.2) is 60.1 Å². The number of hydrogen-bond donors (Lipinski definition) is 1. The molecule has 1 saturated heterocycles. The molecule has 2 aliphatic rings. The number of piperidine rings is 1. The largest absolute Gasteiger partial charge is 0.367 e. The number of nitrogen functional groups attached to an aromatic ring is 1. The van der Waals surface area contributed by atoms with E-state index in [4.69, 9.17) is 5.73 Å². The van der Waals surface area contributed by atoms with Crippen molar-refractivity contribution in [2.75, 3.05) is 25.4 Å². The fraction of sp³-hybridized carbons (Fsp3) is 0.556. The number of aromatic nitrogens is 6. The van der Waals surface area contributed by atoms with Gasteiger partial charge in [-0.3, -0.25) is 0 Å². The lowest BCUT2D eigenvalue weighted by molar-refractivity contribution is 0.127. The van der Waals surface area contributed by atoms with E-state index in [0.717, 1.165) is 17.0 Å². The Morgan fingerprint density at radius 1 is 1.00 bits per heavy atom. The van der Waals surface area contributed by atoms with Crippen LogP contribution in [0.25, 0.3) is 27.9 Å². The van der Waals surface area contributed by atoms with Crippen molar-refractivity contribution in [2.45, 2.75) is 71.3 Å². The van der Waals surface area contributed by atoms with Gasteiger partial charge in [0.25, 0.3) is 6.43 Å².